The van der Waals surface area contributed by atoms with Crippen LogP contribution in [0.1, 0.15) is 83.4 Å². The molecule has 5 rings (SSSR count). The van der Waals surface area contributed by atoms with E-state index in [9.17, 15) is 4.79 Å². The van der Waals surface area contributed by atoms with Gasteiger partial charge < -0.3 is 10.6 Å². The molecule has 1 amide bonds. The van der Waals surface area contributed by atoms with Gasteiger partial charge in [-0.1, -0.05) is 50.4 Å². The summed E-state index contributed by atoms with van der Waals surface area (Å²) in [6.45, 7) is 4.30. The molecule has 35 heavy (non-hydrogen) atoms. The predicted octanol–water partition coefficient (Wildman–Crippen LogP) is 6.01. The van der Waals surface area contributed by atoms with Gasteiger partial charge in [-0.3, -0.25) is 4.79 Å². The van der Waals surface area contributed by atoms with Gasteiger partial charge in [0.05, 0.1) is 22.3 Å². The lowest BCUT2D eigenvalue weighted by Gasteiger charge is -2.31. The first kappa shape index (κ1) is 24.0. The maximum absolute atomic E-state index is 12.5. The van der Waals surface area contributed by atoms with Crippen LogP contribution in [0.4, 0.5) is 5.82 Å². The Labute approximate surface area is 212 Å². The highest BCUT2D eigenvalue weighted by molar-refractivity contribution is 6.32. The number of benzene rings is 1. The summed E-state index contributed by atoms with van der Waals surface area (Å²) in [4.78, 5) is 22.4. The minimum absolute atomic E-state index is 0.230. The molecule has 2 aromatic heterocycles. The molecule has 8 heteroatoms. The number of anilines is 1. The smallest absolute Gasteiger partial charge is 0.223 e. The summed E-state index contributed by atoms with van der Waals surface area (Å²) in [5.41, 5.74) is 1.57. The second kappa shape index (κ2) is 10.5. The Bertz CT molecular complexity index is 1180. The highest BCUT2D eigenvalue weighted by Crippen LogP contribution is 2.31. The molecule has 2 aliphatic rings. The first-order chi connectivity index (χ1) is 17.0. The van der Waals surface area contributed by atoms with Crippen LogP contribution in [0.5, 0.6) is 0 Å². The van der Waals surface area contributed by atoms with Crippen molar-refractivity contribution in [3.63, 3.8) is 0 Å². The third-order valence-electron chi connectivity index (χ3n) is 7.72. The minimum Gasteiger partial charge on any atom is -0.367 e. The van der Waals surface area contributed by atoms with Crippen molar-refractivity contribution in [1.29, 1.82) is 0 Å². The molecule has 2 fully saturated rings. The number of carbonyl (C=O) groups excluding carboxylic acids is 1. The second-order valence-electron chi connectivity index (χ2n) is 10.2. The van der Waals surface area contributed by atoms with Crippen LogP contribution in [0.3, 0.4) is 0 Å². The lowest BCUT2D eigenvalue weighted by Crippen LogP contribution is -2.42. The van der Waals surface area contributed by atoms with Gasteiger partial charge in [0.2, 0.25) is 5.91 Å². The van der Waals surface area contributed by atoms with Crippen molar-refractivity contribution in [3.8, 4) is 5.69 Å². The molecule has 0 saturated heterocycles. The second-order valence-corrected chi connectivity index (χ2v) is 10.6. The zero-order valence-corrected chi connectivity index (χ0v) is 21.4. The molecule has 0 bridgehead atoms. The number of amides is 1. The van der Waals surface area contributed by atoms with E-state index < -0.39 is 0 Å². The predicted molar refractivity (Wildman–Crippen MR) is 140 cm³/mol. The van der Waals surface area contributed by atoms with Gasteiger partial charge >= 0.3 is 0 Å². The van der Waals surface area contributed by atoms with Crippen LogP contribution < -0.4 is 10.6 Å². The third-order valence-corrected chi connectivity index (χ3v) is 8.04. The van der Waals surface area contributed by atoms with E-state index in [0.29, 0.717) is 11.1 Å². The lowest BCUT2D eigenvalue weighted by atomic mass is 9.90. The van der Waals surface area contributed by atoms with E-state index in [1.54, 1.807) is 0 Å². The van der Waals surface area contributed by atoms with Crippen LogP contribution in [0, 0.1) is 5.92 Å². The topological polar surface area (TPSA) is 84.7 Å². The first-order valence-electron chi connectivity index (χ1n) is 13.1. The van der Waals surface area contributed by atoms with Gasteiger partial charge in [-0.25, -0.2) is 14.6 Å². The van der Waals surface area contributed by atoms with Crippen LogP contribution in [0.2, 0.25) is 5.02 Å². The molecule has 186 valence electrons. The fourth-order valence-corrected chi connectivity index (χ4v) is 5.54. The molecule has 0 spiro atoms. The number of rotatable bonds is 7. The molecule has 2 saturated carbocycles. The van der Waals surface area contributed by atoms with Crippen molar-refractivity contribution in [2.24, 2.45) is 5.92 Å². The number of halogens is 1. The van der Waals surface area contributed by atoms with Gasteiger partial charge in [-0.15, -0.1) is 0 Å². The van der Waals surface area contributed by atoms with E-state index in [2.05, 4.69) is 29.6 Å². The van der Waals surface area contributed by atoms with Crippen molar-refractivity contribution in [1.82, 2.24) is 25.1 Å². The number of nitrogens with zero attached hydrogens (tertiary/aromatic N) is 4. The van der Waals surface area contributed by atoms with Gasteiger partial charge in [-0.05, 0) is 57.1 Å². The quantitative estimate of drug-likeness (QED) is 0.420. The molecular weight excluding hydrogens is 460 g/mol. The fourth-order valence-electron chi connectivity index (χ4n) is 5.32. The fraction of sp³-hybridized carbons (Fsp3) is 0.556. The van der Waals surface area contributed by atoms with Crippen molar-refractivity contribution >= 4 is 34.4 Å². The van der Waals surface area contributed by atoms with Crippen molar-refractivity contribution in [2.45, 2.75) is 89.6 Å². The maximum Gasteiger partial charge on any atom is 0.223 e. The molecule has 2 heterocycles. The molecule has 0 radical (unpaired) electrons. The van der Waals surface area contributed by atoms with Crippen LogP contribution in [-0.4, -0.2) is 37.7 Å². The Morgan fingerprint density at radius 3 is 2.51 bits per heavy atom. The number of para-hydroxylation sites is 1. The standard InChI is InChI=1S/C27H35ClN6O/c1-3-17(2)24-32-25(21-16-29-34(26(21)33-24)23-11-7-6-10-22(23)28)30-19-12-14-20(15-13-19)31-27(35)18-8-4-5-9-18/h6-7,10-11,16-20H,3-5,8-9,12-15H2,1-2H3,(H,31,35)(H,30,32,33)/t17-,19?,20?/m0/s1. The SMILES string of the molecule is CC[C@H](C)c1nc(NC2CCC(NC(=O)C3CCCC3)CC2)c2cnn(-c3ccccc3Cl)c2n1. The van der Waals surface area contributed by atoms with Crippen molar-refractivity contribution < 1.29 is 4.79 Å². The number of carbonyl (C=O) groups is 1. The highest BCUT2D eigenvalue weighted by atomic mass is 35.5. The lowest BCUT2D eigenvalue weighted by molar-refractivity contribution is -0.125. The molecule has 3 aromatic rings. The van der Waals surface area contributed by atoms with Crippen LogP contribution in [0.25, 0.3) is 16.7 Å². The summed E-state index contributed by atoms with van der Waals surface area (Å²) >= 11 is 6.48. The number of hydrogen-bond donors (Lipinski definition) is 2. The maximum atomic E-state index is 12.5. The molecule has 2 aliphatic carbocycles. The molecule has 0 unspecified atom stereocenters. The molecule has 2 N–H and O–H groups in total. The summed E-state index contributed by atoms with van der Waals surface area (Å²) in [7, 11) is 0. The largest absolute Gasteiger partial charge is 0.367 e. The van der Waals surface area contributed by atoms with Gasteiger partial charge in [0.15, 0.2) is 5.65 Å². The number of aromatic nitrogens is 4. The highest BCUT2D eigenvalue weighted by Gasteiger charge is 2.28. The van der Waals surface area contributed by atoms with Gasteiger partial charge in [0, 0.05) is 23.9 Å². The van der Waals surface area contributed by atoms with E-state index in [-0.39, 0.29) is 23.8 Å². The molecule has 1 aromatic carbocycles. The Morgan fingerprint density at radius 2 is 1.80 bits per heavy atom. The number of fused-ring (bicyclic) bond motifs is 1. The normalized spacial score (nSPS) is 21.8. The Morgan fingerprint density at radius 1 is 1.09 bits per heavy atom. The minimum atomic E-state index is 0.230. The monoisotopic (exact) mass is 494 g/mol. The summed E-state index contributed by atoms with van der Waals surface area (Å²) in [6, 6.07) is 8.27. The van der Waals surface area contributed by atoms with E-state index in [1.165, 1.54) is 12.8 Å². The average Bonchev–Trinajstić information content (AvgIpc) is 3.56. The average molecular weight is 495 g/mol. The number of nitrogens with one attached hydrogen (secondary N) is 2. The molecular formula is C27H35ClN6O. The van der Waals surface area contributed by atoms with Crippen LogP contribution in [0.15, 0.2) is 30.5 Å². The number of hydrogen-bond acceptors (Lipinski definition) is 5. The zero-order chi connectivity index (χ0) is 24.4. The first-order valence-corrected chi connectivity index (χ1v) is 13.5. The van der Waals surface area contributed by atoms with E-state index in [4.69, 9.17) is 21.6 Å². The summed E-state index contributed by atoms with van der Waals surface area (Å²) < 4.78 is 1.81. The summed E-state index contributed by atoms with van der Waals surface area (Å²) in [5.74, 6) is 2.38. The van der Waals surface area contributed by atoms with Gasteiger partial charge in [-0.2, -0.15) is 5.10 Å². The summed E-state index contributed by atoms with van der Waals surface area (Å²) in [5, 5.41) is 13.2. The van der Waals surface area contributed by atoms with Crippen molar-refractivity contribution in [2.75, 3.05) is 5.32 Å². The molecule has 0 aliphatic heterocycles. The molecule has 1 atom stereocenters. The third kappa shape index (κ3) is 5.15. The van der Waals surface area contributed by atoms with Gasteiger partial charge in [0.25, 0.3) is 0 Å². The van der Waals surface area contributed by atoms with Crippen molar-refractivity contribution in [3.05, 3.63) is 41.3 Å². The van der Waals surface area contributed by atoms with E-state index in [1.807, 2.05) is 35.1 Å². The molecule has 7 nitrogen and oxygen atoms in total. The Balaban J connectivity index is 1.34. The Hall–Kier alpha value is -2.67. The van der Waals surface area contributed by atoms with Gasteiger partial charge in [0.1, 0.15) is 11.6 Å². The Kier molecular flexibility index (Phi) is 7.23. The van der Waals surface area contributed by atoms with E-state index >= 15 is 0 Å². The van der Waals surface area contributed by atoms with Crippen LogP contribution >= 0.6 is 11.6 Å². The van der Waals surface area contributed by atoms with E-state index in [0.717, 1.165) is 73.3 Å². The zero-order valence-electron chi connectivity index (χ0n) is 20.6. The summed E-state index contributed by atoms with van der Waals surface area (Å²) in [6.07, 6.45) is 11.2. The van der Waals surface area contributed by atoms with Crippen LogP contribution in [-0.2, 0) is 4.79 Å².